The molecule has 0 radical (unpaired) electrons. The average Bonchev–Trinajstić information content (AvgIpc) is 2.71. The van der Waals surface area contributed by atoms with E-state index in [1.54, 1.807) is 6.07 Å². The molecule has 2 aromatic rings. The molecule has 0 unspecified atom stereocenters. The Balaban J connectivity index is 1.99. The predicted octanol–water partition coefficient (Wildman–Crippen LogP) is 1.14. The molecule has 0 saturated carbocycles. The Kier molecular flexibility index (Phi) is 2.68. The zero-order valence-electron chi connectivity index (χ0n) is 9.54. The van der Waals surface area contributed by atoms with Gasteiger partial charge in [0.25, 0.3) is 0 Å². The van der Waals surface area contributed by atoms with Crippen LogP contribution in [0.25, 0.3) is 11.2 Å². The van der Waals surface area contributed by atoms with Gasteiger partial charge in [-0.2, -0.15) is 0 Å². The highest BCUT2D eigenvalue weighted by Crippen LogP contribution is 2.22. The topological polar surface area (TPSA) is 59.7 Å². The van der Waals surface area contributed by atoms with Crippen LogP contribution in [0.4, 0.5) is 0 Å². The van der Waals surface area contributed by atoms with Crippen LogP contribution in [0.1, 0.15) is 18.9 Å². The Bertz CT molecular complexity index is 539. The van der Waals surface area contributed by atoms with Gasteiger partial charge in [-0.15, -0.1) is 15.3 Å². The molecule has 3 heterocycles. The number of hydrogen-bond donors (Lipinski definition) is 0. The van der Waals surface area contributed by atoms with E-state index in [9.17, 15) is 0 Å². The number of rotatable bonds is 1. The van der Waals surface area contributed by atoms with E-state index in [0.717, 1.165) is 25.2 Å². The van der Waals surface area contributed by atoms with E-state index < -0.39 is 0 Å². The fourth-order valence-corrected chi connectivity index (χ4v) is 2.45. The third-order valence-corrected chi connectivity index (χ3v) is 3.32. The van der Waals surface area contributed by atoms with E-state index in [0.29, 0.717) is 16.7 Å². The summed E-state index contributed by atoms with van der Waals surface area (Å²) in [5.74, 6) is 0. The van der Waals surface area contributed by atoms with Gasteiger partial charge in [0.1, 0.15) is 5.52 Å². The lowest BCUT2D eigenvalue weighted by molar-refractivity contribution is 0.203. The molecule has 3 rings (SSSR count). The van der Waals surface area contributed by atoms with Gasteiger partial charge in [0, 0.05) is 12.6 Å². The fourth-order valence-electron chi connectivity index (χ4n) is 2.31. The Morgan fingerprint density at radius 1 is 1.35 bits per heavy atom. The number of nitrogens with zero attached hydrogens (tertiary/aromatic N) is 6. The number of likely N-dealkylation sites (tertiary alicyclic amines) is 1. The molecule has 1 aliphatic rings. The fraction of sp³-hybridized carbons (Fsp3) is 0.600. The predicted molar refractivity (Wildman–Crippen MR) is 63.9 cm³/mol. The van der Waals surface area contributed by atoms with E-state index in [1.807, 2.05) is 4.68 Å². The maximum atomic E-state index is 5.78. The molecule has 0 spiro atoms. The molecule has 1 fully saturated rings. The van der Waals surface area contributed by atoms with Gasteiger partial charge >= 0.3 is 0 Å². The molecule has 6 nitrogen and oxygen atoms in total. The van der Waals surface area contributed by atoms with Gasteiger partial charge in [0.15, 0.2) is 5.15 Å². The van der Waals surface area contributed by atoms with Crippen LogP contribution < -0.4 is 0 Å². The largest absolute Gasteiger partial charge is 0.304 e. The molecule has 1 saturated heterocycles. The summed E-state index contributed by atoms with van der Waals surface area (Å²) in [5, 5.41) is 16.5. The monoisotopic (exact) mass is 252 g/mol. The molecular weight excluding hydrogens is 240 g/mol. The van der Waals surface area contributed by atoms with Crippen LogP contribution in [0.3, 0.4) is 0 Å². The number of likely N-dealkylation sites (N-methyl/N-ethyl adjacent to an activating group) is 1. The maximum Gasteiger partial charge on any atom is 0.201 e. The van der Waals surface area contributed by atoms with E-state index in [4.69, 9.17) is 11.6 Å². The van der Waals surface area contributed by atoms with Crippen LogP contribution in [-0.4, -0.2) is 50.2 Å². The third-order valence-electron chi connectivity index (χ3n) is 3.14. The minimum Gasteiger partial charge on any atom is -0.304 e. The van der Waals surface area contributed by atoms with Gasteiger partial charge in [-0.25, -0.2) is 4.68 Å². The van der Waals surface area contributed by atoms with Crippen molar-refractivity contribution in [3.63, 3.8) is 0 Å². The van der Waals surface area contributed by atoms with Crippen molar-refractivity contribution < 1.29 is 0 Å². The van der Waals surface area contributed by atoms with Crippen LogP contribution in [0.5, 0.6) is 0 Å². The summed E-state index contributed by atoms with van der Waals surface area (Å²) >= 11 is 5.78. The van der Waals surface area contributed by atoms with Crippen molar-refractivity contribution in [3.05, 3.63) is 11.2 Å². The number of piperidine rings is 1. The molecule has 17 heavy (non-hydrogen) atoms. The van der Waals surface area contributed by atoms with Crippen LogP contribution >= 0.6 is 11.6 Å². The van der Waals surface area contributed by atoms with E-state index in [-0.39, 0.29) is 0 Å². The van der Waals surface area contributed by atoms with Crippen molar-refractivity contribution in [2.75, 3.05) is 20.1 Å². The second-order valence-corrected chi connectivity index (χ2v) is 4.86. The number of fused-ring (bicyclic) bond motifs is 1. The summed E-state index contributed by atoms with van der Waals surface area (Å²) in [4.78, 5) is 2.30. The second kappa shape index (κ2) is 4.19. The SMILES string of the molecule is CN1CCC[C@@H](n2nnc3cc(Cl)nnc32)C1. The zero-order chi connectivity index (χ0) is 11.8. The molecule has 0 aliphatic carbocycles. The van der Waals surface area contributed by atoms with Gasteiger partial charge in [0.05, 0.1) is 6.04 Å². The van der Waals surface area contributed by atoms with Gasteiger partial charge < -0.3 is 4.90 Å². The highest BCUT2D eigenvalue weighted by Gasteiger charge is 2.22. The smallest absolute Gasteiger partial charge is 0.201 e. The van der Waals surface area contributed by atoms with Crippen LogP contribution in [-0.2, 0) is 0 Å². The summed E-state index contributed by atoms with van der Waals surface area (Å²) in [5.41, 5.74) is 1.42. The van der Waals surface area contributed by atoms with E-state index in [2.05, 4.69) is 32.5 Å². The highest BCUT2D eigenvalue weighted by atomic mass is 35.5. The summed E-state index contributed by atoms with van der Waals surface area (Å²) in [6.07, 6.45) is 2.27. The first-order valence-corrected chi connectivity index (χ1v) is 6.04. The van der Waals surface area contributed by atoms with Crippen molar-refractivity contribution in [1.29, 1.82) is 0 Å². The Morgan fingerprint density at radius 2 is 2.24 bits per heavy atom. The van der Waals surface area contributed by atoms with Gasteiger partial charge in [-0.3, -0.25) is 0 Å². The van der Waals surface area contributed by atoms with Crippen molar-refractivity contribution >= 4 is 22.8 Å². The minimum absolute atomic E-state index is 0.328. The van der Waals surface area contributed by atoms with Gasteiger partial charge in [0.2, 0.25) is 5.65 Å². The molecule has 0 amide bonds. The van der Waals surface area contributed by atoms with E-state index >= 15 is 0 Å². The molecule has 1 aliphatic heterocycles. The normalized spacial score (nSPS) is 22.1. The van der Waals surface area contributed by atoms with Crippen molar-refractivity contribution in [2.45, 2.75) is 18.9 Å². The lowest BCUT2D eigenvalue weighted by atomic mass is 10.1. The number of hydrogen-bond acceptors (Lipinski definition) is 5. The van der Waals surface area contributed by atoms with Crippen LogP contribution in [0, 0.1) is 0 Å². The first-order valence-electron chi connectivity index (χ1n) is 5.67. The number of aromatic nitrogens is 5. The highest BCUT2D eigenvalue weighted by molar-refractivity contribution is 6.29. The Morgan fingerprint density at radius 3 is 3.06 bits per heavy atom. The Hall–Kier alpha value is -1.27. The summed E-state index contributed by atoms with van der Waals surface area (Å²) in [7, 11) is 2.12. The molecule has 0 bridgehead atoms. The molecule has 90 valence electrons. The second-order valence-electron chi connectivity index (χ2n) is 4.47. The van der Waals surface area contributed by atoms with Gasteiger partial charge in [-0.05, 0) is 26.4 Å². The standard InChI is InChI=1S/C10H13ClN6/c1-16-4-2-3-7(6-16)17-10-8(12-15-17)5-9(11)13-14-10/h5,7H,2-4,6H2,1H3/t7-/m1/s1. The van der Waals surface area contributed by atoms with Crippen molar-refractivity contribution in [3.8, 4) is 0 Å². The van der Waals surface area contributed by atoms with Crippen LogP contribution in [0.15, 0.2) is 6.07 Å². The molecule has 0 aromatic carbocycles. The summed E-state index contributed by atoms with van der Waals surface area (Å²) < 4.78 is 1.87. The molecule has 7 heteroatoms. The van der Waals surface area contributed by atoms with Crippen molar-refractivity contribution in [2.24, 2.45) is 0 Å². The molecular formula is C10H13ClN6. The molecule has 0 N–H and O–H groups in total. The lowest BCUT2D eigenvalue weighted by Gasteiger charge is -2.29. The third kappa shape index (κ3) is 1.98. The summed E-state index contributed by atoms with van der Waals surface area (Å²) in [6, 6.07) is 2.02. The maximum absolute atomic E-state index is 5.78. The minimum atomic E-state index is 0.328. The first-order chi connectivity index (χ1) is 8.24. The van der Waals surface area contributed by atoms with Crippen molar-refractivity contribution in [1.82, 2.24) is 30.1 Å². The first kappa shape index (κ1) is 10.9. The molecule has 1 atom stereocenters. The average molecular weight is 253 g/mol. The zero-order valence-corrected chi connectivity index (χ0v) is 10.3. The van der Waals surface area contributed by atoms with E-state index in [1.165, 1.54) is 6.42 Å². The Labute approximate surface area is 104 Å². The lowest BCUT2D eigenvalue weighted by Crippen LogP contribution is -2.34. The van der Waals surface area contributed by atoms with Crippen LogP contribution in [0.2, 0.25) is 5.15 Å². The number of halogens is 1. The van der Waals surface area contributed by atoms with Gasteiger partial charge in [-0.1, -0.05) is 16.8 Å². The summed E-state index contributed by atoms with van der Waals surface area (Å²) in [6.45, 7) is 2.11. The quantitative estimate of drug-likeness (QED) is 0.762. The molecule has 2 aromatic heterocycles.